The summed E-state index contributed by atoms with van der Waals surface area (Å²) in [7, 11) is 0. The van der Waals surface area contributed by atoms with Gasteiger partial charge in [-0.1, -0.05) is 29.8 Å². The number of thiophene rings is 1. The Kier molecular flexibility index (Phi) is 4.15. The summed E-state index contributed by atoms with van der Waals surface area (Å²) in [5.74, 6) is 0.821. The highest BCUT2D eigenvalue weighted by Gasteiger charge is 2.13. The first-order chi connectivity index (χ1) is 12.1. The molecule has 0 atom stereocenters. The van der Waals surface area contributed by atoms with Gasteiger partial charge in [0.05, 0.1) is 5.39 Å². The van der Waals surface area contributed by atoms with Crippen molar-refractivity contribution in [1.82, 2.24) is 9.97 Å². The number of nitrogens with zero attached hydrogens (tertiary/aromatic N) is 2. The monoisotopic (exact) mass is 365 g/mol. The van der Waals surface area contributed by atoms with Crippen LogP contribution in [0.5, 0.6) is 0 Å². The molecule has 124 valence electrons. The van der Waals surface area contributed by atoms with Crippen LogP contribution in [0.25, 0.3) is 21.3 Å². The summed E-state index contributed by atoms with van der Waals surface area (Å²) in [5, 5.41) is 7.35. The summed E-state index contributed by atoms with van der Waals surface area (Å²) in [6.45, 7) is 4.19. The number of halogens is 1. The lowest BCUT2D eigenvalue weighted by atomic mass is 10.1. The van der Waals surface area contributed by atoms with E-state index in [1.165, 1.54) is 11.1 Å². The Morgan fingerprint density at radius 3 is 2.40 bits per heavy atom. The molecule has 0 unspecified atom stereocenters. The first-order valence-corrected chi connectivity index (χ1v) is 9.19. The van der Waals surface area contributed by atoms with Crippen LogP contribution in [0.1, 0.15) is 11.1 Å². The molecule has 2 aromatic heterocycles. The van der Waals surface area contributed by atoms with Crippen molar-refractivity contribution in [3.05, 3.63) is 70.3 Å². The molecule has 0 saturated carbocycles. The van der Waals surface area contributed by atoms with E-state index in [9.17, 15) is 0 Å². The fourth-order valence-corrected chi connectivity index (χ4v) is 4.04. The van der Waals surface area contributed by atoms with Crippen LogP contribution in [0.15, 0.2) is 54.2 Å². The van der Waals surface area contributed by atoms with Gasteiger partial charge in [0.15, 0.2) is 0 Å². The zero-order chi connectivity index (χ0) is 17.4. The van der Waals surface area contributed by atoms with Gasteiger partial charge in [-0.3, -0.25) is 0 Å². The molecule has 0 aliphatic rings. The number of anilines is 2. The van der Waals surface area contributed by atoms with Gasteiger partial charge in [-0.2, -0.15) is 0 Å². The lowest BCUT2D eigenvalue weighted by Crippen LogP contribution is -1.96. The molecule has 0 saturated heterocycles. The third-order valence-corrected chi connectivity index (χ3v) is 5.15. The maximum atomic E-state index is 6.03. The molecule has 4 aromatic rings. The van der Waals surface area contributed by atoms with Crippen LogP contribution >= 0.6 is 22.9 Å². The normalized spacial score (nSPS) is 11.0. The molecule has 0 aliphatic heterocycles. The molecule has 0 spiro atoms. The number of hydrogen-bond acceptors (Lipinski definition) is 4. The summed E-state index contributed by atoms with van der Waals surface area (Å²) >= 11 is 7.64. The molecule has 3 nitrogen and oxygen atoms in total. The predicted molar refractivity (Wildman–Crippen MR) is 107 cm³/mol. The average Bonchev–Trinajstić information content (AvgIpc) is 3.00. The molecule has 5 heteroatoms. The third-order valence-electron chi connectivity index (χ3n) is 4.01. The van der Waals surface area contributed by atoms with Crippen molar-refractivity contribution in [2.75, 3.05) is 5.32 Å². The number of aromatic nitrogens is 2. The predicted octanol–water partition coefficient (Wildman–Crippen LogP) is 6.37. The van der Waals surface area contributed by atoms with E-state index in [1.807, 2.05) is 24.3 Å². The minimum Gasteiger partial charge on any atom is -0.340 e. The SMILES string of the molecule is Cc1cc(C)cc(Nc2ncnc3scc(-c4ccc(Cl)cc4)c23)c1. The number of aryl methyl sites for hydroxylation is 2. The molecule has 2 heterocycles. The van der Waals surface area contributed by atoms with E-state index in [2.05, 4.69) is 52.7 Å². The van der Waals surface area contributed by atoms with E-state index in [0.717, 1.165) is 37.9 Å². The van der Waals surface area contributed by atoms with E-state index < -0.39 is 0 Å². The van der Waals surface area contributed by atoms with Crippen LogP contribution in [0, 0.1) is 13.8 Å². The van der Waals surface area contributed by atoms with Gasteiger partial charge in [-0.25, -0.2) is 9.97 Å². The molecular formula is C20H16ClN3S. The van der Waals surface area contributed by atoms with Gasteiger partial charge in [0.25, 0.3) is 0 Å². The second-order valence-corrected chi connectivity index (χ2v) is 7.35. The van der Waals surface area contributed by atoms with Crippen LogP contribution in [0.4, 0.5) is 11.5 Å². The first-order valence-electron chi connectivity index (χ1n) is 7.93. The Balaban J connectivity index is 1.84. The summed E-state index contributed by atoms with van der Waals surface area (Å²) in [5.41, 5.74) is 5.69. The summed E-state index contributed by atoms with van der Waals surface area (Å²) in [4.78, 5) is 9.88. The van der Waals surface area contributed by atoms with Gasteiger partial charge in [-0.05, 0) is 54.8 Å². The number of nitrogens with one attached hydrogen (secondary N) is 1. The van der Waals surface area contributed by atoms with Crippen molar-refractivity contribution in [3.8, 4) is 11.1 Å². The van der Waals surface area contributed by atoms with Crippen molar-refractivity contribution >= 4 is 44.7 Å². The number of hydrogen-bond donors (Lipinski definition) is 1. The molecule has 2 aromatic carbocycles. The second-order valence-electron chi connectivity index (χ2n) is 6.06. The van der Waals surface area contributed by atoms with E-state index in [-0.39, 0.29) is 0 Å². The van der Waals surface area contributed by atoms with E-state index in [4.69, 9.17) is 11.6 Å². The largest absolute Gasteiger partial charge is 0.340 e. The molecule has 1 N–H and O–H groups in total. The lowest BCUT2D eigenvalue weighted by Gasteiger charge is -2.10. The molecule has 0 bridgehead atoms. The van der Waals surface area contributed by atoms with Crippen LogP contribution in [0.2, 0.25) is 5.02 Å². The Labute approximate surface area is 155 Å². The van der Waals surface area contributed by atoms with Gasteiger partial charge >= 0.3 is 0 Å². The van der Waals surface area contributed by atoms with Gasteiger partial charge in [0.2, 0.25) is 0 Å². The highest BCUT2D eigenvalue weighted by Crippen LogP contribution is 2.37. The molecule has 0 amide bonds. The molecule has 25 heavy (non-hydrogen) atoms. The maximum Gasteiger partial charge on any atom is 0.143 e. The van der Waals surface area contributed by atoms with Gasteiger partial charge in [0, 0.05) is 21.7 Å². The summed E-state index contributed by atoms with van der Waals surface area (Å²) in [6.07, 6.45) is 1.61. The molecule has 0 radical (unpaired) electrons. The van der Waals surface area contributed by atoms with Crippen molar-refractivity contribution in [1.29, 1.82) is 0 Å². The fraction of sp³-hybridized carbons (Fsp3) is 0.100. The van der Waals surface area contributed by atoms with Gasteiger partial charge in [0.1, 0.15) is 17.0 Å². The zero-order valence-corrected chi connectivity index (χ0v) is 15.4. The standard InChI is InChI=1S/C20H16ClN3S/c1-12-7-13(2)9-16(8-12)24-19-18-17(10-25-20(18)23-11-22-19)14-3-5-15(21)6-4-14/h3-11H,1-2H3,(H,22,23,24). The Hall–Kier alpha value is -2.43. The van der Waals surface area contributed by atoms with E-state index in [1.54, 1.807) is 17.7 Å². The first kappa shape index (κ1) is 16.1. The lowest BCUT2D eigenvalue weighted by molar-refractivity contribution is 1.23. The van der Waals surface area contributed by atoms with Crippen molar-refractivity contribution in [3.63, 3.8) is 0 Å². The molecular weight excluding hydrogens is 350 g/mol. The summed E-state index contributed by atoms with van der Waals surface area (Å²) in [6, 6.07) is 14.3. The number of rotatable bonds is 3. The average molecular weight is 366 g/mol. The maximum absolute atomic E-state index is 6.03. The van der Waals surface area contributed by atoms with Crippen molar-refractivity contribution < 1.29 is 0 Å². The smallest absolute Gasteiger partial charge is 0.143 e. The third kappa shape index (κ3) is 3.23. The zero-order valence-electron chi connectivity index (χ0n) is 13.9. The van der Waals surface area contributed by atoms with Crippen LogP contribution in [0.3, 0.4) is 0 Å². The van der Waals surface area contributed by atoms with E-state index >= 15 is 0 Å². The van der Waals surface area contributed by atoms with Crippen LogP contribution in [-0.4, -0.2) is 9.97 Å². The van der Waals surface area contributed by atoms with Gasteiger partial charge in [-0.15, -0.1) is 11.3 Å². The van der Waals surface area contributed by atoms with Crippen LogP contribution < -0.4 is 5.32 Å². The number of benzene rings is 2. The van der Waals surface area contributed by atoms with E-state index in [0.29, 0.717) is 0 Å². The Morgan fingerprint density at radius 1 is 0.960 bits per heavy atom. The molecule has 4 rings (SSSR count). The highest BCUT2D eigenvalue weighted by atomic mass is 35.5. The minimum atomic E-state index is 0.730. The van der Waals surface area contributed by atoms with Gasteiger partial charge < -0.3 is 5.32 Å². The quantitative estimate of drug-likeness (QED) is 0.458. The van der Waals surface area contributed by atoms with Crippen molar-refractivity contribution in [2.24, 2.45) is 0 Å². The Morgan fingerprint density at radius 2 is 1.68 bits per heavy atom. The van der Waals surface area contributed by atoms with Crippen LogP contribution in [-0.2, 0) is 0 Å². The van der Waals surface area contributed by atoms with Crippen molar-refractivity contribution in [2.45, 2.75) is 13.8 Å². The molecule has 0 fully saturated rings. The highest BCUT2D eigenvalue weighted by molar-refractivity contribution is 7.17. The fourth-order valence-electron chi connectivity index (χ4n) is 3.00. The minimum absolute atomic E-state index is 0.730. The Bertz CT molecular complexity index is 1030. The second kappa shape index (κ2) is 6.47. The number of fused-ring (bicyclic) bond motifs is 1. The topological polar surface area (TPSA) is 37.8 Å². The summed E-state index contributed by atoms with van der Waals surface area (Å²) < 4.78 is 0. The molecule has 0 aliphatic carbocycles.